The number of halogens is 2. The highest BCUT2D eigenvalue weighted by Gasteiger charge is 2.35. The molecule has 0 saturated carbocycles. The van der Waals surface area contributed by atoms with Gasteiger partial charge in [-0.1, -0.05) is 11.3 Å². The molecule has 0 radical (unpaired) electrons. The van der Waals surface area contributed by atoms with Crippen LogP contribution in [0.3, 0.4) is 0 Å². The van der Waals surface area contributed by atoms with Gasteiger partial charge >= 0.3 is 0 Å². The largest absolute Gasteiger partial charge is 0.368 e. The van der Waals surface area contributed by atoms with E-state index < -0.39 is 29.5 Å². The Kier molecular flexibility index (Phi) is 4.47. The van der Waals surface area contributed by atoms with E-state index in [1.165, 1.54) is 15.6 Å². The van der Waals surface area contributed by atoms with Crippen LogP contribution in [-0.2, 0) is 11.3 Å². The van der Waals surface area contributed by atoms with Gasteiger partial charge in [-0.25, -0.2) is 13.5 Å². The van der Waals surface area contributed by atoms with E-state index in [2.05, 4.69) is 10.3 Å². The molecule has 1 aliphatic rings. The highest BCUT2D eigenvalue weighted by atomic mass is 19.1. The summed E-state index contributed by atoms with van der Waals surface area (Å²) in [5.41, 5.74) is 6.09. The zero-order valence-corrected chi connectivity index (χ0v) is 13.6. The molecule has 2 aromatic rings. The van der Waals surface area contributed by atoms with Crippen LogP contribution in [0, 0.1) is 18.6 Å². The molecule has 9 heteroatoms. The lowest BCUT2D eigenvalue weighted by Gasteiger charge is -2.21. The summed E-state index contributed by atoms with van der Waals surface area (Å²) < 4.78 is 28.1. The number of primary amides is 1. The molecule has 1 aromatic carbocycles. The molecule has 1 atom stereocenters. The Hall–Kier alpha value is -2.84. The molecule has 0 bridgehead atoms. The summed E-state index contributed by atoms with van der Waals surface area (Å²) >= 11 is 0. The van der Waals surface area contributed by atoms with Crippen molar-refractivity contribution in [3.63, 3.8) is 0 Å². The predicted molar refractivity (Wildman–Crippen MR) is 83.5 cm³/mol. The summed E-state index contributed by atoms with van der Waals surface area (Å²) in [5.74, 6) is -2.34. The predicted octanol–water partition coefficient (Wildman–Crippen LogP) is 1.00. The summed E-state index contributed by atoms with van der Waals surface area (Å²) in [7, 11) is 0. The maximum atomic E-state index is 13.8. The molecular formula is C16H17F2N5O2. The fourth-order valence-corrected chi connectivity index (χ4v) is 2.96. The van der Waals surface area contributed by atoms with E-state index >= 15 is 0 Å². The number of carbonyl (C=O) groups excluding carboxylic acids is 2. The third-order valence-electron chi connectivity index (χ3n) is 4.36. The van der Waals surface area contributed by atoms with Crippen molar-refractivity contribution in [2.24, 2.45) is 5.73 Å². The second kappa shape index (κ2) is 6.58. The van der Waals surface area contributed by atoms with Crippen LogP contribution in [0.15, 0.2) is 18.2 Å². The second-order valence-electron chi connectivity index (χ2n) is 5.98. The molecule has 1 aliphatic heterocycles. The van der Waals surface area contributed by atoms with Crippen LogP contribution in [-0.4, -0.2) is 44.3 Å². The van der Waals surface area contributed by atoms with E-state index in [0.29, 0.717) is 25.1 Å². The van der Waals surface area contributed by atoms with Crippen molar-refractivity contribution < 1.29 is 18.4 Å². The van der Waals surface area contributed by atoms with Gasteiger partial charge in [0.2, 0.25) is 5.91 Å². The van der Waals surface area contributed by atoms with Crippen LogP contribution in [0.2, 0.25) is 0 Å². The van der Waals surface area contributed by atoms with Crippen molar-refractivity contribution in [2.75, 3.05) is 6.54 Å². The standard InChI is InChI=1S/C16H17F2N5O2/c1-9-14(16(25)22-6-2-3-13(22)15(19)24)20-21-23(9)8-10-4-5-11(17)7-12(10)18/h4-5,7,13H,2-3,6,8H2,1H3,(H2,19,24)/t13-/m1/s1. The van der Waals surface area contributed by atoms with Crippen LogP contribution >= 0.6 is 0 Å². The third kappa shape index (κ3) is 3.21. The average molecular weight is 349 g/mol. The molecule has 25 heavy (non-hydrogen) atoms. The normalized spacial score (nSPS) is 17.1. The van der Waals surface area contributed by atoms with Gasteiger partial charge in [0.15, 0.2) is 5.69 Å². The third-order valence-corrected chi connectivity index (χ3v) is 4.36. The highest BCUT2D eigenvalue weighted by Crippen LogP contribution is 2.21. The molecule has 3 rings (SSSR count). The van der Waals surface area contributed by atoms with Crippen molar-refractivity contribution in [2.45, 2.75) is 32.4 Å². The number of hydrogen-bond acceptors (Lipinski definition) is 4. The lowest BCUT2D eigenvalue weighted by atomic mass is 10.2. The monoisotopic (exact) mass is 349 g/mol. The van der Waals surface area contributed by atoms with Crippen LogP contribution in [0.4, 0.5) is 8.78 Å². The lowest BCUT2D eigenvalue weighted by Crippen LogP contribution is -2.44. The molecular weight excluding hydrogens is 332 g/mol. The first kappa shape index (κ1) is 17.0. The van der Waals surface area contributed by atoms with Gasteiger partial charge in [-0.2, -0.15) is 0 Å². The fraction of sp³-hybridized carbons (Fsp3) is 0.375. The van der Waals surface area contributed by atoms with E-state index in [1.807, 2.05) is 0 Å². The summed E-state index contributed by atoms with van der Waals surface area (Å²) in [6, 6.07) is 2.61. The number of nitrogens with zero attached hydrogens (tertiary/aromatic N) is 4. The number of benzene rings is 1. The Balaban J connectivity index is 1.83. The first-order chi connectivity index (χ1) is 11.9. The van der Waals surface area contributed by atoms with Crippen molar-refractivity contribution >= 4 is 11.8 Å². The molecule has 1 aromatic heterocycles. The van der Waals surface area contributed by atoms with Crippen LogP contribution in [0.5, 0.6) is 0 Å². The maximum Gasteiger partial charge on any atom is 0.277 e. The van der Waals surface area contributed by atoms with Crippen molar-refractivity contribution in [1.29, 1.82) is 0 Å². The summed E-state index contributed by atoms with van der Waals surface area (Å²) in [6.45, 7) is 2.06. The Bertz CT molecular complexity index is 836. The fourth-order valence-electron chi connectivity index (χ4n) is 2.96. The molecule has 0 unspecified atom stereocenters. The molecule has 132 valence electrons. The minimum absolute atomic E-state index is 0.0114. The maximum absolute atomic E-state index is 13.8. The van der Waals surface area contributed by atoms with E-state index in [1.54, 1.807) is 6.92 Å². The number of nitrogens with two attached hydrogens (primary N) is 1. The minimum atomic E-state index is -0.698. The Morgan fingerprint density at radius 1 is 1.36 bits per heavy atom. The number of rotatable bonds is 4. The number of amides is 2. The van der Waals surface area contributed by atoms with E-state index in [4.69, 9.17) is 5.73 Å². The van der Waals surface area contributed by atoms with Gasteiger partial charge in [0, 0.05) is 18.2 Å². The van der Waals surface area contributed by atoms with Crippen molar-refractivity contribution in [3.8, 4) is 0 Å². The van der Waals surface area contributed by atoms with Crippen molar-refractivity contribution in [1.82, 2.24) is 19.9 Å². The highest BCUT2D eigenvalue weighted by molar-refractivity contribution is 5.96. The molecule has 2 heterocycles. The Morgan fingerprint density at radius 3 is 2.80 bits per heavy atom. The van der Waals surface area contributed by atoms with Gasteiger partial charge in [0.25, 0.3) is 5.91 Å². The van der Waals surface area contributed by atoms with Crippen LogP contribution in [0.25, 0.3) is 0 Å². The van der Waals surface area contributed by atoms with Gasteiger partial charge < -0.3 is 10.6 Å². The molecule has 1 saturated heterocycles. The Morgan fingerprint density at radius 2 is 2.12 bits per heavy atom. The first-order valence-corrected chi connectivity index (χ1v) is 7.82. The van der Waals surface area contributed by atoms with Gasteiger partial charge in [-0.05, 0) is 25.8 Å². The number of hydrogen-bond donors (Lipinski definition) is 1. The average Bonchev–Trinajstić information content (AvgIpc) is 3.17. The van der Waals surface area contributed by atoms with Crippen LogP contribution in [0.1, 0.15) is 34.6 Å². The van der Waals surface area contributed by atoms with Gasteiger partial charge in [-0.3, -0.25) is 9.59 Å². The molecule has 7 nitrogen and oxygen atoms in total. The first-order valence-electron chi connectivity index (χ1n) is 7.82. The van der Waals surface area contributed by atoms with E-state index in [0.717, 1.165) is 12.1 Å². The van der Waals surface area contributed by atoms with E-state index in [-0.39, 0.29) is 17.8 Å². The zero-order valence-electron chi connectivity index (χ0n) is 13.6. The molecule has 2 N–H and O–H groups in total. The van der Waals surface area contributed by atoms with Gasteiger partial charge in [-0.15, -0.1) is 5.10 Å². The number of likely N-dealkylation sites (tertiary alicyclic amines) is 1. The number of aromatic nitrogens is 3. The van der Waals surface area contributed by atoms with Gasteiger partial charge in [0.05, 0.1) is 12.2 Å². The summed E-state index contributed by atoms with van der Waals surface area (Å²) in [6.07, 6.45) is 1.21. The van der Waals surface area contributed by atoms with E-state index in [9.17, 15) is 18.4 Å². The SMILES string of the molecule is Cc1c(C(=O)N2CCC[C@@H]2C(N)=O)nnn1Cc1ccc(F)cc1F. The molecule has 0 spiro atoms. The Labute approximate surface area is 142 Å². The summed E-state index contributed by atoms with van der Waals surface area (Å²) in [5, 5.41) is 7.75. The van der Waals surface area contributed by atoms with Crippen molar-refractivity contribution in [3.05, 3.63) is 46.8 Å². The smallest absolute Gasteiger partial charge is 0.277 e. The molecule has 0 aliphatic carbocycles. The summed E-state index contributed by atoms with van der Waals surface area (Å²) in [4.78, 5) is 25.5. The van der Waals surface area contributed by atoms with Gasteiger partial charge in [0.1, 0.15) is 17.7 Å². The minimum Gasteiger partial charge on any atom is -0.368 e. The lowest BCUT2D eigenvalue weighted by molar-refractivity contribution is -0.121. The zero-order chi connectivity index (χ0) is 18.1. The topological polar surface area (TPSA) is 94.1 Å². The second-order valence-corrected chi connectivity index (χ2v) is 5.98. The molecule has 2 amide bonds. The van der Waals surface area contributed by atoms with Crippen LogP contribution < -0.4 is 5.73 Å². The number of carbonyl (C=O) groups is 2. The quantitative estimate of drug-likeness (QED) is 0.891. The molecule has 1 fully saturated rings.